The molecule has 0 aliphatic carbocycles. The van der Waals surface area contributed by atoms with E-state index in [1.807, 2.05) is 4.90 Å². The van der Waals surface area contributed by atoms with Crippen molar-refractivity contribution >= 4 is 22.6 Å². The molecule has 5 rings (SSSR count). The molecule has 0 bridgehead atoms. The largest absolute Gasteiger partial charge is 0.342 e. The van der Waals surface area contributed by atoms with Gasteiger partial charge in [-0.25, -0.2) is 9.37 Å². The predicted molar refractivity (Wildman–Crippen MR) is 116 cm³/mol. The van der Waals surface area contributed by atoms with E-state index >= 15 is 0 Å². The molecule has 3 heterocycles. The number of aromatic amines is 1. The van der Waals surface area contributed by atoms with Gasteiger partial charge in [0.05, 0.1) is 11.0 Å². The van der Waals surface area contributed by atoms with Gasteiger partial charge in [0.25, 0.3) is 0 Å². The quantitative estimate of drug-likeness (QED) is 0.688. The maximum Gasteiger partial charge on any atom is 0.227 e. The molecule has 2 saturated heterocycles. The van der Waals surface area contributed by atoms with Crippen LogP contribution in [0.5, 0.6) is 0 Å². The van der Waals surface area contributed by atoms with Gasteiger partial charge in [0.1, 0.15) is 11.6 Å². The van der Waals surface area contributed by atoms with E-state index in [4.69, 9.17) is 0 Å². The van der Waals surface area contributed by atoms with Crippen molar-refractivity contribution in [3.05, 3.63) is 59.7 Å². The molecule has 1 aromatic heterocycles. The van der Waals surface area contributed by atoms with Crippen LogP contribution in [0.25, 0.3) is 11.0 Å². The fraction of sp³-hybridized carbons (Fsp3) is 0.417. The van der Waals surface area contributed by atoms with Gasteiger partial charge in [-0.3, -0.25) is 9.69 Å². The summed E-state index contributed by atoms with van der Waals surface area (Å²) in [7, 11) is 0. The number of hydrogen-bond acceptors (Lipinski definition) is 3. The lowest BCUT2D eigenvalue weighted by Crippen LogP contribution is -2.35. The van der Waals surface area contributed by atoms with Crippen LogP contribution in [0.15, 0.2) is 42.5 Å². The molecule has 0 spiro atoms. The second-order valence-electron chi connectivity index (χ2n) is 8.61. The number of rotatable bonds is 5. The zero-order chi connectivity index (χ0) is 20.5. The Labute approximate surface area is 175 Å². The fourth-order valence-electron chi connectivity index (χ4n) is 4.83. The number of piperidine rings is 1. The van der Waals surface area contributed by atoms with Crippen LogP contribution in [0.2, 0.25) is 0 Å². The number of anilines is 1. The number of nitrogens with zero attached hydrogens (tertiary/aromatic N) is 3. The van der Waals surface area contributed by atoms with Crippen LogP contribution >= 0.6 is 0 Å². The number of likely N-dealkylation sites (tertiary alicyclic amines) is 1. The third-order valence-electron chi connectivity index (χ3n) is 6.31. The first-order chi connectivity index (χ1) is 14.6. The van der Waals surface area contributed by atoms with Crippen molar-refractivity contribution in [1.82, 2.24) is 14.9 Å². The van der Waals surface area contributed by atoms with E-state index < -0.39 is 0 Å². The number of nitrogens with one attached hydrogen (secondary N) is 1. The summed E-state index contributed by atoms with van der Waals surface area (Å²) in [6, 6.07) is 13.2. The summed E-state index contributed by atoms with van der Waals surface area (Å²) in [5, 5.41) is 0. The van der Waals surface area contributed by atoms with Crippen LogP contribution in [0.3, 0.4) is 0 Å². The monoisotopic (exact) mass is 406 g/mol. The number of benzene rings is 2. The molecule has 30 heavy (non-hydrogen) atoms. The summed E-state index contributed by atoms with van der Waals surface area (Å²) >= 11 is 0. The average Bonchev–Trinajstić information content (AvgIpc) is 3.34. The van der Waals surface area contributed by atoms with Crippen LogP contribution < -0.4 is 4.90 Å². The summed E-state index contributed by atoms with van der Waals surface area (Å²) in [6.07, 6.45) is 4.88. The van der Waals surface area contributed by atoms with E-state index in [1.54, 1.807) is 6.07 Å². The zero-order valence-electron chi connectivity index (χ0n) is 17.1. The third kappa shape index (κ3) is 4.10. The second-order valence-corrected chi connectivity index (χ2v) is 8.61. The van der Waals surface area contributed by atoms with E-state index in [0.29, 0.717) is 12.3 Å². The molecule has 1 amide bonds. The highest BCUT2D eigenvalue weighted by Crippen LogP contribution is 2.25. The summed E-state index contributed by atoms with van der Waals surface area (Å²) in [5.41, 5.74) is 3.90. The van der Waals surface area contributed by atoms with E-state index in [2.05, 4.69) is 39.1 Å². The summed E-state index contributed by atoms with van der Waals surface area (Å²) < 4.78 is 13.4. The van der Waals surface area contributed by atoms with Gasteiger partial charge in [-0.2, -0.15) is 0 Å². The summed E-state index contributed by atoms with van der Waals surface area (Å²) in [5.74, 6) is 1.49. The molecule has 2 aromatic carbocycles. The lowest BCUT2D eigenvalue weighted by molar-refractivity contribution is -0.117. The zero-order valence-corrected chi connectivity index (χ0v) is 17.1. The number of carbonyl (C=O) groups is 1. The Morgan fingerprint density at radius 3 is 2.77 bits per heavy atom. The van der Waals surface area contributed by atoms with Gasteiger partial charge in [-0.15, -0.1) is 0 Å². The Bertz CT molecular complexity index is 1050. The first-order valence-corrected chi connectivity index (χ1v) is 10.9. The summed E-state index contributed by atoms with van der Waals surface area (Å²) in [4.78, 5) is 24.2. The maximum atomic E-state index is 13.4. The number of halogens is 1. The molecule has 2 aliphatic rings. The minimum Gasteiger partial charge on any atom is -0.342 e. The molecular formula is C24H27FN4O. The van der Waals surface area contributed by atoms with Gasteiger partial charge in [0.2, 0.25) is 5.91 Å². The number of H-pyrrole nitrogens is 1. The lowest BCUT2D eigenvalue weighted by atomic mass is 9.94. The SMILES string of the molecule is O=C1CCCN1c1ccc(CN2CCC[C@H](Cc3nc4ccc(F)cc4[nH]3)C2)cc1. The number of aromatic nitrogens is 2. The minimum atomic E-state index is -0.235. The summed E-state index contributed by atoms with van der Waals surface area (Å²) in [6.45, 7) is 3.91. The van der Waals surface area contributed by atoms with Crippen LogP contribution in [-0.4, -0.2) is 40.4 Å². The molecule has 2 aliphatic heterocycles. The Morgan fingerprint density at radius 2 is 1.97 bits per heavy atom. The number of carbonyl (C=O) groups excluding carboxylic acids is 1. The maximum absolute atomic E-state index is 13.4. The lowest BCUT2D eigenvalue weighted by Gasteiger charge is -2.32. The van der Waals surface area contributed by atoms with Gasteiger partial charge in [0.15, 0.2) is 0 Å². The van der Waals surface area contributed by atoms with Gasteiger partial charge in [-0.1, -0.05) is 12.1 Å². The normalized spacial score (nSPS) is 20.4. The number of fused-ring (bicyclic) bond motifs is 1. The first-order valence-electron chi connectivity index (χ1n) is 10.9. The number of imidazole rings is 1. The second kappa shape index (κ2) is 8.19. The molecule has 156 valence electrons. The molecular weight excluding hydrogens is 379 g/mol. The standard InChI is InChI=1S/C24H27FN4O/c25-19-7-10-21-22(14-19)27-23(26-21)13-18-3-1-11-28(16-18)15-17-5-8-20(9-6-17)29-12-2-4-24(29)30/h5-10,14,18H,1-4,11-13,15-16H2,(H,26,27)/t18-/m1/s1. The van der Waals surface area contributed by atoms with E-state index in [1.165, 1.54) is 30.5 Å². The molecule has 0 saturated carbocycles. The fourth-order valence-corrected chi connectivity index (χ4v) is 4.83. The van der Waals surface area contributed by atoms with Gasteiger partial charge < -0.3 is 9.88 Å². The molecule has 6 heteroatoms. The Morgan fingerprint density at radius 1 is 1.10 bits per heavy atom. The van der Waals surface area contributed by atoms with Gasteiger partial charge in [-0.05, 0) is 67.6 Å². The topological polar surface area (TPSA) is 52.2 Å². The van der Waals surface area contributed by atoms with Crippen molar-refractivity contribution in [2.24, 2.45) is 5.92 Å². The Hall–Kier alpha value is -2.73. The predicted octanol–water partition coefficient (Wildman–Crippen LogP) is 4.28. The Kier molecular flexibility index (Phi) is 5.25. The van der Waals surface area contributed by atoms with Crippen LogP contribution in [0.1, 0.15) is 37.1 Å². The van der Waals surface area contributed by atoms with Crippen molar-refractivity contribution in [1.29, 1.82) is 0 Å². The molecule has 1 N–H and O–H groups in total. The van der Waals surface area contributed by atoms with E-state index in [9.17, 15) is 9.18 Å². The minimum absolute atomic E-state index is 0.231. The van der Waals surface area contributed by atoms with Crippen LogP contribution in [-0.2, 0) is 17.8 Å². The van der Waals surface area contributed by atoms with Gasteiger partial charge in [0, 0.05) is 38.2 Å². The highest BCUT2D eigenvalue weighted by atomic mass is 19.1. The molecule has 0 radical (unpaired) electrons. The van der Waals surface area contributed by atoms with Crippen molar-refractivity contribution in [3.8, 4) is 0 Å². The smallest absolute Gasteiger partial charge is 0.227 e. The molecule has 1 atom stereocenters. The number of hydrogen-bond donors (Lipinski definition) is 1. The van der Waals surface area contributed by atoms with Crippen molar-refractivity contribution < 1.29 is 9.18 Å². The highest BCUT2D eigenvalue weighted by Gasteiger charge is 2.23. The molecule has 0 unspecified atom stereocenters. The van der Waals surface area contributed by atoms with E-state index in [-0.39, 0.29) is 11.7 Å². The third-order valence-corrected chi connectivity index (χ3v) is 6.31. The number of amides is 1. The highest BCUT2D eigenvalue weighted by molar-refractivity contribution is 5.95. The average molecular weight is 407 g/mol. The molecule has 2 fully saturated rings. The van der Waals surface area contributed by atoms with Crippen LogP contribution in [0.4, 0.5) is 10.1 Å². The van der Waals surface area contributed by atoms with Crippen LogP contribution in [0, 0.1) is 11.7 Å². The first kappa shape index (κ1) is 19.2. The van der Waals surface area contributed by atoms with Crippen molar-refractivity contribution in [3.63, 3.8) is 0 Å². The van der Waals surface area contributed by atoms with Crippen molar-refractivity contribution in [2.75, 3.05) is 24.5 Å². The molecule has 5 nitrogen and oxygen atoms in total. The molecule has 3 aromatic rings. The van der Waals surface area contributed by atoms with E-state index in [0.717, 1.165) is 61.6 Å². The van der Waals surface area contributed by atoms with Gasteiger partial charge >= 0.3 is 0 Å². The Balaban J connectivity index is 1.20. The van der Waals surface area contributed by atoms with Crippen molar-refractivity contribution in [2.45, 2.75) is 38.6 Å².